The van der Waals surface area contributed by atoms with Crippen LogP contribution in [0.5, 0.6) is 0 Å². The highest BCUT2D eigenvalue weighted by molar-refractivity contribution is 5.66. The molecule has 12 N–H and O–H groups in total. The van der Waals surface area contributed by atoms with Gasteiger partial charge in [0.05, 0.1) is 31.5 Å². The molecule has 0 aromatic carbocycles. The van der Waals surface area contributed by atoms with Gasteiger partial charge in [-0.05, 0) is 33.1 Å². The minimum Gasteiger partial charge on any atom is -0.481 e. The van der Waals surface area contributed by atoms with Crippen molar-refractivity contribution in [1.82, 2.24) is 0 Å². The summed E-state index contributed by atoms with van der Waals surface area (Å²) in [6.45, 7) is 3.37. The average molecular weight is 889 g/mol. The zero-order valence-corrected chi connectivity index (χ0v) is 35.3. The topological polar surface area (TPSA) is 334 Å². The molecule has 4 aliphatic heterocycles. The predicted molar refractivity (Wildman–Crippen MR) is 207 cm³/mol. The number of hydrogen-bond donors (Lipinski definition) is 12. The van der Waals surface area contributed by atoms with E-state index in [4.69, 9.17) is 43.0 Å². The molecule has 358 valence electrons. The molecule has 61 heavy (non-hydrogen) atoms. The Morgan fingerprint density at radius 3 is 1.51 bits per heavy atom. The van der Waals surface area contributed by atoms with E-state index in [-0.39, 0.29) is 6.42 Å². The summed E-state index contributed by atoms with van der Waals surface area (Å²) in [4.78, 5) is 10.8. The molecule has 21 atom stereocenters. The Labute approximate surface area is 356 Å². The maximum atomic E-state index is 11.4. The zero-order valence-electron chi connectivity index (χ0n) is 35.3. The molecule has 0 radical (unpaired) electrons. The minimum atomic E-state index is -1.91. The van der Waals surface area contributed by atoms with Gasteiger partial charge in [0.1, 0.15) is 85.5 Å². The van der Waals surface area contributed by atoms with E-state index in [1.54, 1.807) is 0 Å². The third kappa shape index (κ3) is 14.1. The maximum Gasteiger partial charge on any atom is 0.303 e. The van der Waals surface area contributed by atoms with Gasteiger partial charge in [-0.15, -0.1) is 0 Å². The molecule has 0 aromatic rings. The van der Waals surface area contributed by atoms with Crippen LogP contribution in [0.3, 0.4) is 0 Å². The van der Waals surface area contributed by atoms with Crippen molar-refractivity contribution >= 4 is 5.97 Å². The molecule has 4 aliphatic rings. The fourth-order valence-electron chi connectivity index (χ4n) is 8.11. The molecule has 0 saturated carbocycles. The fraction of sp³-hybridized carbons (Fsp3) is 0.975. The number of aliphatic hydroxyl groups is 11. The van der Waals surface area contributed by atoms with E-state index < -0.39 is 148 Å². The maximum absolute atomic E-state index is 11.4. The van der Waals surface area contributed by atoms with E-state index in [9.17, 15) is 61.0 Å². The molecule has 21 nitrogen and oxygen atoms in total. The van der Waals surface area contributed by atoms with Gasteiger partial charge in [0.2, 0.25) is 0 Å². The molecule has 0 aromatic heterocycles. The zero-order chi connectivity index (χ0) is 45.0. The van der Waals surface area contributed by atoms with Crippen LogP contribution in [0.2, 0.25) is 0 Å². The van der Waals surface area contributed by atoms with Gasteiger partial charge < -0.3 is 99.2 Å². The lowest BCUT2D eigenvalue weighted by atomic mass is 9.96. The van der Waals surface area contributed by atoms with Gasteiger partial charge >= 0.3 is 5.97 Å². The molecular formula is C40H72O21. The number of carboxylic acid groups (broad SMARTS) is 1. The first-order chi connectivity index (χ1) is 29.0. The van der Waals surface area contributed by atoms with Crippen LogP contribution in [0.4, 0.5) is 0 Å². The first-order valence-corrected chi connectivity index (χ1v) is 21.8. The van der Waals surface area contributed by atoms with Crippen molar-refractivity contribution in [3.05, 3.63) is 0 Å². The van der Waals surface area contributed by atoms with E-state index in [1.807, 2.05) is 0 Å². The molecule has 0 spiro atoms. The van der Waals surface area contributed by atoms with E-state index in [0.717, 1.165) is 57.8 Å². The summed E-state index contributed by atoms with van der Waals surface area (Å²) in [5.41, 5.74) is 0. The Balaban J connectivity index is 1.51. The van der Waals surface area contributed by atoms with Gasteiger partial charge in [0, 0.05) is 6.42 Å². The molecule has 4 heterocycles. The van der Waals surface area contributed by atoms with Crippen molar-refractivity contribution in [1.29, 1.82) is 0 Å². The molecular weight excluding hydrogens is 816 g/mol. The van der Waals surface area contributed by atoms with E-state index in [1.165, 1.54) is 13.8 Å². The Morgan fingerprint density at radius 2 is 0.951 bits per heavy atom. The van der Waals surface area contributed by atoms with Crippen LogP contribution in [0.25, 0.3) is 0 Å². The number of carboxylic acids is 1. The summed E-state index contributed by atoms with van der Waals surface area (Å²) < 4.78 is 47.5. The quantitative estimate of drug-likeness (QED) is 0.0461. The number of rotatable bonds is 24. The van der Waals surface area contributed by atoms with Crippen molar-refractivity contribution in [2.75, 3.05) is 13.2 Å². The molecule has 0 aliphatic carbocycles. The summed E-state index contributed by atoms with van der Waals surface area (Å²) >= 11 is 0. The van der Waals surface area contributed by atoms with E-state index >= 15 is 0 Å². The Morgan fingerprint density at radius 1 is 0.492 bits per heavy atom. The van der Waals surface area contributed by atoms with Crippen LogP contribution in [-0.2, 0) is 42.7 Å². The summed E-state index contributed by atoms with van der Waals surface area (Å²) in [5, 5.41) is 127. The van der Waals surface area contributed by atoms with E-state index in [2.05, 4.69) is 6.92 Å². The smallest absolute Gasteiger partial charge is 0.303 e. The number of aliphatic hydroxyl groups excluding tert-OH is 11. The second-order valence-corrected chi connectivity index (χ2v) is 16.7. The van der Waals surface area contributed by atoms with Crippen LogP contribution in [0.15, 0.2) is 0 Å². The van der Waals surface area contributed by atoms with Crippen molar-refractivity contribution in [3.63, 3.8) is 0 Å². The first kappa shape index (κ1) is 52.3. The number of aliphatic carboxylic acids is 1. The van der Waals surface area contributed by atoms with Crippen LogP contribution >= 0.6 is 0 Å². The summed E-state index contributed by atoms with van der Waals surface area (Å²) in [6, 6.07) is 0. The molecule has 0 unspecified atom stereocenters. The first-order valence-electron chi connectivity index (χ1n) is 21.8. The largest absolute Gasteiger partial charge is 0.481 e. The van der Waals surface area contributed by atoms with Gasteiger partial charge in [0.15, 0.2) is 25.2 Å². The number of hydrogen-bond acceptors (Lipinski definition) is 20. The lowest BCUT2D eigenvalue weighted by Gasteiger charge is -2.49. The van der Waals surface area contributed by atoms with Crippen LogP contribution in [0, 0.1) is 0 Å². The van der Waals surface area contributed by atoms with Gasteiger partial charge in [0.25, 0.3) is 0 Å². The highest BCUT2D eigenvalue weighted by Crippen LogP contribution is 2.35. The number of ether oxygens (including phenoxy) is 8. The second-order valence-electron chi connectivity index (χ2n) is 16.7. The van der Waals surface area contributed by atoms with Crippen molar-refractivity contribution in [2.45, 2.75) is 233 Å². The molecule has 4 fully saturated rings. The van der Waals surface area contributed by atoms with Gasteiger partial charge in [-0.2, -0.15) is 0 Å². The van der Waals surface area contributed by atoms with Gasteiger partial charge in [-0.3, -0.25) is 4.79 Å². The number of carbonyl (C=O) groups is 1. The third-order valence-corrected chi connectivity index (χ3v) is 12.0. The van der Waals surface area contributed by atoms with Crippen molar-refractivity contribution in [2.24, 2.45) is 0 Å². The van der Waals surface area contributed by atoms with E-state index in [0.29, 0.717) is 19.3 Å². The SMILES string of the molecule is CCCCC[C@@H](CCCCCCCCCC(=O)O)O[C@@H]1O[C@H](CO)[C@H](O)[C@H](O)[C@H]1O[C@@H]1O[C@H](CO)[C@H](O)[C@@H](O)[C@H]1O[C@@H]1O[C@@H](C)[C@H](O)[C@@H](O[C@@H]2O[C@@H](C)[C@@H](O)[C@@H](O)[C@H]2O)[C@H]1O. The van der Waals surface area contributed by atoms with Gasteiger partial charge in [-0.1, -0.05) is 64.7 Å². The molecule has 21 heteroatoms. The van der Waals surface area contributed by atoms with Crippen LogP contribution < -0.4 is 0 Å². The number of unbranched alkanes of at least 4 members (excludes halogenated alkanes) is 8. The lowest BCUT2D eigenvalue weighted by molar-refractivity contribution is -0.400. The van der Waals surface area contributed by atoms with Gasteiger partial charge in [-0.25, -0.2) is 0 Å². The highest BCUT2D eigenvalue weighted by Gasteiger charge is 2.55. The Bertz CT molecular complexity index is 1250. The summed E-state index contributed by atoms with van der Waals surface area (Å²) in [5.74, 6) is -0.805. The minimum absolute atomic E-state index is 0.153. The molecule has 4 rings (SSSR count). The van der Waals surface area contributed by atoms with Crippen molar-refractivity contribution in [3.8, 4) is 0 Å². The predicted octanol–water partition coefficient (Wildman–Crippen LogP) is -2.12. The Kier molecular flexibility index (Phi) is 21.8. The van der Waals surface area contributed by atoms with Crippen LogP contribution in [0.1, 0.15) is 104 Å². The molecule has 4 saturated heterocycles. The second kappa shape index (κ2) is 25.4. The highest BCUT2D eigenvalue weighted by atomic mass is 16.8. The molecule has 0 bridgehead atoms. The Hall–Kier alpha value is -1.29. The normalized spacial score (nSPS) is 42.7. The van der Waals surface area contributed by atoms with Crippen molar-refractivity contribution < 1.29 is 104 Å². The average Bonchev–Trinajstić information content (AvgIpc) is 3.23. The fourth-order valence-corrected chi connectivity index (χ4v) is 8.11. The van der Waals surface area contributed by atoms with Crippen LogP contribution in [-0.4, -0.2) is 209 Å². The standard InChI is InChI=1S/C40H72O21/c1-4-5-11-14-21(15-12-9-7-6-8-10-13-16-24(43)44)56-39-35(30(50)27(47)22(17-41)57-39)61-40-36(31(51)28(48)23(18-42)58-40)60-38-33(53)34(26(46)20(3)55-38)59-37-32(52)29(49)25(45)19(2)54-37/h19-23,25-42,45-53H,4-18H2,1-3H3,(H,43,44)/t19-,20-,21-,22+,23+,25+,26-,27-,28-,29+,30-,31+,32+,33+,34+,35+,36+,37-,38-,39+,40-/m0/s1. The monoisotopic (exact) mass is 888 g/mol. The molecule has 0 amide bonds. The summed E-state index contributed by atoms with van der Waals surface area (Å²) in [6.07, 6.45) is -22.6. The third-order valence-electron chi connectivity index (χ3n) is 12.0. The lowest BCUT2D eigenvalue weighted by Crippen LogP contribution is -2.67. The summed E-state index contributed by atoms with van der Waals surface area (Å²) in [7, 11) is 0.